The molecule has 4 rings (SSSR count). The summed E-state index contributed by atoms with van der Waals surface area (Å²) in [6.07, 6.45) is 3.95. The summed E-state index contributed by atoms with van der Waals surface area (Å²) in [5.41, 5.74) is 0.796. The van der Waals surface area contributed by atoms with Crippen LogP contribution in [0.25, 0.3) is 10.2 Å². The highest BCUT2D eigenvalue weighted by atomic mass is 32.1. The molecule has 0 saturated heterocycles. The van der Waals surface area contributed by atoms with Crippen LogP contribution in [-0.4, -0.2) is 21.5 Å². The molecule has 0 bridgehead atoms. The van der Waals surface area contributed by atoms with Gasteiger partial charge in [0.1, 0.15) is 10.7 Å². The predicted molar refractivity (Wildman–Crippen MR) is 77.4 cm³/mol. The molecule has 0 spiro atoms. The van der Waals surface area contributed by atoms with Crippen LogP contribution in [0.15, 0.2) is 4.79 Å². The van der Waals surface area contributed by atoms with Gasteiger partial charge >= 0.3 is 0 Å². The topological polar surface area (TPSA) is 64.0 Å². The van der Waals surface area contributed by atoms with Crippen molar-refractivity contribution in [2.45, 2.75) is 45.2 Å². The van der Waals surface area contributed by atoms with E-state index in [2.05, 4.69) is 10.3 Å². The molecule has 20 heavy (non-hydrogen) atoms. The maximum absolute atomic E-state index is 12.5. The molecule has 1 saturated carbocycles. The first-order valence-electron chi connectivity index (χ1n) is 6.99. The Kier molecular flexibility index (Phi) is 2.51. The van der Waals surface area contributed by atoms with E-state index in [0.717, 1.165) is 43.6 Å². The fraction of sp³-hybridized carbons (Fsp3) is 0.500. The molecule has 0 radical (unpaired) electrons. The van der Waals surface area contributed by atoms with Crippen LogP contribution >= 0.6 is 11.3 Å². The van der Waals surface area contributed by atoms with Gasteiger partial charge in [0.25, 0.3) is 11.5 Å². The zero-order chi connectivity index (χ0) is 13.9. The maximum Gasteiger partial charge on any atom is 0.262 e. The van der Waals surface area contributed by atoms with Crippen molar-refractivity contribution in [3.05, 3.63) is 26.6 Å². The van der Waals surface area contributed by atoms with Gasteiger partial charge in [-0.15, -0.1) is 11.3 Å². The molecule has 1 aliphatic heterocycles. The molecule has 1 fully saturated rings. The van der Waals surface area contributed by atoms with Crippen LogP contribution in [0.5, 0.6) is 0 Å². The zero-order valence-corrected chi connectivity index (χ0v) is 12.0. The quantitative estimate of drug-likeness (QED) is 0.913. The summed E-state index contributed by atoms with van der Waals surface area (Å²) in [6, 6.07) is 0.325. The zero-order valence-electron chi connectivity index (χ0n) is 11.2. The molecule has 2 aromatic heterocycles. The molecule has 2 aromatic rings. The predicted octanol–water partition coefficient (Wildman–Crippen LogP) is 1.60. The molecule has 2 aliphatic rings. The Balaban J connectivity index is 1.88. The number of carbonyl (C=O) groups is 1. The Hall–Kier alpha value is -1.69. The highest BCUT2D eigenvalue weighted by Gasteiger charge is 2.27. The third kappa shape index (κ3) is 1.71. The normalized spacial score (nSPS) is 17.4. The van der Waals surface area contributed by atoms with Crippen LogP contribution in [0.4, 0.5) is 0 Å². The van der Waals surface area contributed by atoms with Crippen molar-refractivity contribution < 1.29 is 4.79 Å². The van der Waals surface area contributed by atoms with Crippen molar-refractivity contribution in [1.29, 1.82) is 0 Å². The van der Waals surface area contributed by atoms with Crippen LogP contribution in [0.1, 0.15) is 40.3 Å². The number of hydrogen-bond acceptors (Lipinski definition) is 4. The molecule has 0 unspecified atom stereocenters. The number of hydrogen-bond donors (Lipinski definition) is 1. The van der Waals surface area contributed by atoms with E-state index < -0.39 is 0 Å². The second-order valence-electron chi connectivity index (χ2n) is 5.57. The number of nitrogens with one attached hydrogen (secondary N) is 1. The van der Waals surface area contributed by atoms with Crippen molar-refractivity contribution in [3.8, 4) is 0 Å². The minimum absolute atomic E-state index is 0.0155. The highest BCUT2D eigenvalue weighted by Crippen LogP contribution is 2.29. The van der Waals surface area contributed by atoms with Gasteiger partial charge in [0, 0.05) is 19.0 Å². The van der Waals surface area contributed by atoms with Crippen molar-refractivity contribution in [1.82, 2.24) is 14.9 Å². The monoisotopic (exact) mass is 289 g/mol. The summed E-state index contributed by atoms with van der Waals surface area (Å²) in [7, 11) is 0. The average Bonchev–Trinajstić information content (AvgIpc) is 2.98. The van der Waals surface area contributed by atoms with Crippen molar-refractivity contribution in [2.24, 2.45) is 0 Å². The van der Waals surface area contributed by atoms with Gasteiger partial charge in [-0.25, -0.2) is 4.98 Å². The van der Waals surface area contributed by atoms with Gasteiger partial charge in [-0.2, -0.15) is 0 Å². The number of carbonyl (C=O) groups excluding carboxylic acids is 1. The largest absolute Gasteiger partial charge is 0.349 e. The fourth-order valence-corrected chi connectivity index (χ4v) is 3.86. The molecule has 0 atom stereocenters. The second-order valence-corrected chi connectivity index (χ2v) is 6.57. The average molecular weight is 289 g/mol. The summed E-state index contributed by atoms with van der Waals surface area (Å²) < 4.78 is 1.75. The lowest BCUT2D eigenvalue weighted by molar-refractivity contribution is 0.0954. The van der Waals surface area contributed by atoms with E-state index in [1.807, 2.05) is 6.92 Å². The highest BCUT2D eigenvalue weighted by molar-refractivity contribution is 7.20. The van der Waals surface area contributed by atoms with E-state index in [9.17, 15) is 9.59 Å². The number of aromatic nitrogens is 2. The van der Waals surface area contributed by atoms with Crippen LogP contribution in [-0.2, 0) is 13.0 Å². The number of nitrogens with zero attached hydrogens (tertiary/aromatic N) is 2. The molecular weight excluding hydrogens is 274 g/mol. The summed E-state index contributed by atoms with van der Waals surface area (Å²) in [5, 5.41) is 3.61. The van der Waals surface area contributed by atoms with Gasteiger partial charge in [-0.3, -0.25) is 14.2 Å². The Labute approximate surface area is 119 Å². The standard InChI is InChI=1S/C14H15N3O2S/c1-7-10-13(16-9-3-2-6-17(9)14(10)19)20-11(7)12(18)15-8-4-5-8/h8H,2-6H2,1H3,(H,15,18). The van der Waals surface area contributed by atoms with E-state index >= 15 is 0 Å². The first kappa shape index (κ1) is 12.1. The van der Waals surface area contributed by atoms with Crippen LogP contribution in [0.3, 0.4) is 0 Å². The Morgan fingerprint density at radius 1 is 1.45 bits per heavy atom. The SMILES string of the molecule is Cc1c(C(=O)NC2CC2)sc2nc3n(c(=O)c12)CCC3. The molecule has 0 aromatic carbocycles. The minimum Gasteiger partial charge on any atom is -0.349 e. The number of aryl methyl sites for hydroxylation is 2. The lowest BCUT2D eigenvalue weighted by atomic mass is 10.2. The number of thiophene rings is 1. The van der Waals surface area contributed by atoms with Gasteiger partial charge in [-0.1, -0.05) is 0 Å². The van der Waals surface area contributed by atoms with Crippen molar-refractivity contribution >= 4 is 27.5 Å². The van der Waals surface area contributed by atoms with Gasteiger partial charge in [0.15, 0.2) is 0 Å². The number of fused-ring (bicyclic) bond motifs is 2. The van der Waals surface area contributed by atoms with Crippen LogP contribution in [0.2, 0.25) is 0 Å². The summed E-state index contributed by atoms with van der Waals surface area (Å²) >= 11 is 1.35. The van der Waals surface area contributed by atoms with E-state index in [0.29, 0.717) is 21.1 Å². The third-order valence-electron chi connectivity index (χ3n) is 4.03. The Morgan fingerprint density at radius 2 is 2.25 bits per heavy atom. The number of amides is 1. The Bertz CT molecular complexity index is 786. The summed E-state index contributed by atoms with van der Waals surface area (Å²) in [4.78, 5) is 30.6. The molecule has 5 nitrogen and oxygen atoms in total. The molecule has 1 amide bonds. The number of rotatable bonds is 2. The maximum atomic E-state index is 12.5. The van der Waals surface area contributed by atoms with Gasteiger partial charge in [0.2, 0.25) is 0 Å². The second kappa shape index (κ2) is 4.15. The van der Waals surface area contributed by atoms with E-state index in [4.69, 9.17) is 0 Å². The summed E-state index contributed by atoms with van der Waals surface area (Å²) in [5.74, 6) is 0.801. The molecule has 3 heterocycles. The molecule has 6 heteroatoms. The van der Waals surface area contributed by atoms with Gasteiger partial charge < -0.3 is 5.32 Å². The van der Waals surface area contributed by atoms with Crippen molar-refractivity contribution in [2.75, 3.05) is 0 Å². The fourth-order valence-electron chi connectivity index (χ4n) is 2.77. The van der Waals surface area contributed by atoms with Crippen molar-refractivity contribution in [3.63, 3.8) is 0 Å². The van der Waals surface area contributed by atoms with Gasteiger partial charge in [-0.05, 0) is 31.7 Å². The van der Waals surface area contributed by atoms with E-state index in [1.165, 1.54) is 11.3 Å². The molecule has 104 valence electrons. The lowest BCUT2D eigenvalue weighted by Gasteiger charge is -2.02. The first-order valence-corrected chi connectivity index (χ1v) is 7.80. The molecule has 1 N–H and O–H groups in total. The third-order valence-corrected chi connectivity index (χ3v) is 5.21. The smallest absolute Gasteiger partial charge is 0.262 e. The molecular formula is C14H15N3O2S. The Morgan fingerprint density at radius 3 is 3.00 bits per heavy atom. The van der Waals surface area contributed by atoms with E-state index in [1.54, 1.807) is 4.57 Å². The molecule has 1 aliphatic carbocycles. The summed E-state index contributed by atoms with van der Waals surface area (Å²) in [6.45, 7) is 2.60. The van der Waals surface area contributed by atoms with Gasteiger partial charge in [0.05, 0.1) is 10.3 Å². The first-order chi connectivity index (χ1) is 9.65. The lowest BCUT2D eigenvalue weighted by Crippen LogP contribution is -2.25. The van der Waals surface area contributed by atoms with E-state index in [-0.39, 0.29) is 11.5 Å². The van der Waals surface area contributed by atoms with Crippen LogP contribution in [0, 0.1) is 6.92 Å². The van der Waals surface area contributed by atoms with Crippen LogP contribution < -0.4 is 10.9 Å². The minimum atomic E-state index is -0.0578.